The molecule has 0 heterocycles. The number of hydrogen-bond donors (Lipinski definition) is 2. The number of amides is 1. The molecule has 132 valence electrons. The van der Waals surface area contributed by atoms with E-state index in [1.807, 2.05) is 13.8 Å². The van der Waals surface area contributed by atoms with Gasteiger partial charge < -0.3 is 10.1 Å². The van der Waals surface area contributed by atoms with Crippen LogP contribution in [-0.4, -0.2) is 17.6 Å². The van der Waals surface area contributed by atoms with E-state index < -0.39 is 17.5 Å². The Bertz CT molecular complexity index is 781. The van der Waals surface area contributed by atoms with E-state index in [4.69, 9.17) is 17.0 Å². The summed E-state index contributed by atoms with van der Waals surface area (Å²) in [4.78, 5) is 12.2. The maximum absolute atomic E-state index is 13.6. The molecule has 1 amide bonds. The second kappa shape index (κ2) is 8.53. The Morgan fingerprint density at radius 1 is 1.20 bits per heavy atom. The van der Waals surface area contributed by atoms with Crippen LogP contribution in [0.2, 0.25) is 0 Å². The van der Waals surface area contributed by atoms with Gasteiger partial charge in [0.1, 0.15) is 17.4 Å². The fourth-order valence-electron chi connectivity index (χ4n) is 1.91. The number of rotatable bonds is 5. The summed E-state index contributed by atoms with van der Waals surface area (Å²) in [5, 5.41) is 4.87. The van der Waals surface area contributed by atoms with Crippen molar-refractivity contribution in [2.24, 2.45) is 5.92 Å². The zero-order chi connectivity index (χ0) is 18.4. The van der Waals surface area contributed by atoms with E-state index in [9.17, 15) is 13.6 Å². The second-order valence-corrected chi connectivity index (χ2v) is 6.17. The molecule has 0 aliphatic heterocycles. The van der Waals surface area contributed by atoms with Crippen molar-refractivity contribution < 1.29 is 18.3 Å². The van der Waals surface area contributed by atoms with E-state index >= 15 is 0 Å². The Labute approximate surface area is 150 Å². The molecule has 2 rings (SSSR count). The van der Waals surface area contributed by atoms with Gasteiger partial charge in [0.2, 0.25) is 0 Å². The molecule has 4 nitrogen and oxygen atoms in total. The topological polar surface area (TPSA) is 50.4 Å². The number of carbonyl (C=O) groups is 1. The van der Waals surface area contributed by atoms with Crippen molar-refractivity contribution in [3.8, 4) is 5.75 Å². The van der Waals surface area contributed by atoms with Crippen molar-refractivity contribution in [2.45, 2.75) is 13.8 Å². The van der Waals surface area contributed by atoms with E-state index in [-0.39, 0.29) is 10.8 Å². The van der Waals surface area contributed by atoms with Gasteiger partial charge in [0.15, 0.2) is 5.11 Å². The quantitative estimate of drug-likeness (QED) is 0.784. The third kappa shape index (κ3) is 5.79. The SMILES string of the molecule is CC(C)COc1cccc(C(=O)NC(=S)Nc2ccc(F)cc2F)c1. The number of benzene rings is 2. The standard InChI is InChI=1S/C18H18F2N2O2S/c1-11(2)10-24-14-5-3-4-12(8-14)17(23)22-18(25)21-16-7-6-13(19)9-15(16)20/h3-9,11H,10H2,1-2H3,(H2,21,22,23,25). The number of halogens is 2. The third-order valence-electron chi connectivity index (χ3n) is 3.09. The Morgan fingerprint density at radius 2 is 1.96 bits per heavy atom. The molecule has 0 unspecified atom stereocenters. The maximum atomic E-state index is 13.6. The predicted molar refractivity (Wildman–Crippen MR) is 96.8 cm³/mol. The summed E-state index contributed by atoms with van der Waals surface area (Å²) in [6.07, 6.45) is 0. The smallest absolute Gasteiger partial charge is 0.257 e. The van der Waals surface area contributed by atoms with Crippen LogP contribution in [0.3, 0.4) is 0 Å². The monoisotopic (exact) mass is 364 g/mol. The number of anilines is 1. The van der Waals surface area contributed by atoms with E-state index in [0.29, 0.717) is 23.8 Å². The predicted octanol–water partition coefficient (Wildman–Crippen LogP) is 4.13. The summed E-state index contributed by atoms with van der Waals surface area (Å²) in [7, 11) is 0. The minimum absolute atomic E-state index is 0.0271. The first-order valence-corrected chi connectivity index (χ1v) is 8.06. The van der Waals surface area contributed by atoms with Crippen LogP contribution < -0.4 is 15.4 Å². The molecule has 0 saturated carbocycles. The van der Waals surface area contributed by atoms with Gasteiger partial charge >= 0.3 is 0 Å². The molecule has 0 aliphatic rings. The lowest BCUT2D eigenvalue weighted by molar-refractivity contribution is 0.0977. The number of carbonyl (C=O) groups excluding carboxylic acids is 1. The summed E-state index contributed by atoms with van der Waals surface area (Å²) >= 11 is 4.99. The summed E-state index contributed by atoms with van der Waals surface area (Å²) < 4.78 is 32.0. The molecular weight excluding hydrogens is 346 g/mol. The van der Waals surface area contributed by atoms with Gasteiger partial charge in [0.05, 0.1) is 12.3 Å². The van der Waals surface area contributed by atoms with Crippen LogP contribution in [0.25, 0.3) is 0 Å². The first kappa shape index (κ1) is 18.8. The van der Waals surface area contributed by atoms with E-state index in [1.54, 1.807) is 24.3 Å². The molecular formula is C18H18F2N2O2S. The minimum atomic E-state index is -0.805. The first-order valence-electron chi connectivity index (χ1n) is 7.65. The largest absolute Gasteiger partial charge is 0.493 e. The van der Waals surface area contributed by atoms with Crippen molar-refractivity contribution in [3.63, 3.8) is 0 Å². The van der Waals surface area contributed by atoms with Crippen molar-refractivity contribution in [1.29, 1.82) is 0 Å². The van der Waals surface area contributed by atoms with Gasteiger partial charge in [-0.15, -0.1) is 0 Å². The molecule has 2 aromatic carbocycles. The molecule has 0 spiro atoms. The zero-order valence-corrected chi connectivity index (χ0v) is 14.6. The molecule has 0 radical (unpaired) electrons. The third-order valence-corrected chi connectivity index (χ3v) is 3.29. The van der Waals surface area contributed by atoms with Gasteiger partial charge in [-0.2, -0.15) is 0 Å². The summed E-state index contributed by atoms with van der Waals surface area (Å²) in [5.41, 5.74) is 0.325. The van der Waals surface area contributed by atoms with Crippen molar-refractivity contribution >= 4 is 28.9 Å². The summed E-state index contributed by atoms with van der Waals surface area (Å²) in [5.74, 6) is -1.03. The van der Waals surface area contributed by atoms with Gasteiger partial charge in [-0.25, -0.2) is 8.78 Å². The lowest BCUT2D eigenvalue weighted by Crippen LogP contribution is -2.34. The lowest BCUT2D eigenvalue weighted by Gasteiger charge is -2.12. The van der Waals surface area contributed by atoms with Crippen molar-refractivity contribution in [2.75, 3.05) is 11.9 Å². The van der Waals surface area contributed by atoms with Crippen LogP contribution >= 0.6 is 12.2 Å². The summed E-state index contributed by atoms with van der Waals surface area (Å²) in [6, 6.07) is 9.67. The fraction of sp³-hybridized carbons (Fsp3) is 0.222. The molecule has 0 fully saturated rings. The highest BCUT2D eigenvalue weighted by molar-refractivity contribution is 7.80. The van der Waals surface area contributed by atoms with Crippen LogP contribution in [-0.2, 0) is 0 Å². The number of hydrogen-bond acceptors (Lipinski definition) is 3. The van der Waals surface area contributed by atoms with Gasteiger partial charge in [0, 0.05) is 11.6 Å². The molecule has 0 bridgehead atoms. The lowest BCUT2D eigenvalue weighted by atomic mass is 10.2. The average molecular weight is 364 g/mol. The van der Waals surface area contributed by atoms with Gasteiger partial charge in [-0.05, 0) is 48.5 Å². The maximum Gasteiger partial charge on any atom is 0.257 e. The first-order chi connectivity index (χ1) is 11.8. The Kier molecular flexibility index (Phi) is 6.41. The molecule has 0 atom stereocenters. The molecule has 0 saturated heterocycles. The van der Waals surface area contributed by atoms with E-state index in [2.05, 4.69) is 10.6 Å². The minimum Gasteiger partial charge on any atom is -0.493 e. The molecule has 25 heavy (non-hydrogen) atoms. The molecule has 2 aromatic rings. The summed E-state index contributed by atoms with van der Waals surface area (Å²) in [6.45, 7) is 4.58. The molecule has 7 heteroatoms. The highest BCUT2D eigenvalue weighted by Gasteiger charge is 2.11. The Morgan fingerprint density at radius 3 is 2.64 bits per heavy atom. The molecule has 0 aliphatic carbocycles. The Hall–Kier alpha value is -2.54. The Balaban J connectivity index is 1.99. The molecule has 2 N–H and O–H groups in total. The number of ether oxygens (including phenoxy) is 1. The van der Waals surface area contributed by atoms with Crippen molar-refractivity contribution in [3.05, 3.63) is 59.7 Å². The van der Waals surface area contributed by atoms with E-state index in [0.717, 1.165) is 12.1 Å². The van der Waals surface area contributed by atoms with Gasteiger partial charge in [-0.1, -0.05) is 19.9 Å². The normalized spacial score (nSPS) is 10.4. The zero-order valence-electron chi connectivity index (χ0n) is 13.8. The fourth-order valence-corrected chi connectivity index (χ4v) is 2.11. The number of thiocarbonyl (C=S) groups is 1. The van der Waals surface area contributed by atoms with E-state index in [1.165, 1.54) is 6.07 Å². The second-order valence-electron chi connectivity index (χ2n) is 5.77. The van der Waals surface area contributed by atoms with Gasteiger partial charge in [-0.3, -0.25) is 10.1 Å². The highest BCUT2D eigenvalue weighted by Crippen LogP contribution is 2.16. The average Bonchev–Trinajstić information content (AvgIpc) is 2.56. The van der Waals surface area contributed by atoms with Gasteiger partial charge in [0.25, 0.3) is 5.91 Å². The highest BCUT2D eigenvalue weighted by atomic mass is 32.1. The van der Waals surface area contributed by atoms with Crippen LogP contribution in [0.4, 0.5) is 14.5 Å². The van der Waals surface area contributed by atoms with Crippen LogP contribution in [0.5, 0.6) is 5.75 Å². The van der Waals surface area contributed by atoms with Crippen LogP contribution in [0.15, 0.2) is 42.5 Å². The van der Waals surface area contributed by atoms with Crippen LogP contribution in [0.1, 0.15) is 24.2 Å². The molecule has 0 aromatic heterocycles. The van der Waals surface area contributed by atoms with Crippen LogP contribution in [0, 0.1) is 17.6 Å². The van der Waals surface area contributed by atoms with Crippen molar-refractivity contribution in [1.82, 2.24) is 5.32 Å². The number of nitrogens with one attached hydrogen (secondary N) is 2.